The Kier molecular flexibility index (Phi) is 5.52. The normalized spacial score (nSPS) is 21.8. The number of hydrogen-bond donors (Lipinski definition) is 1. The van der Waals surface area contributed by atoms with Crippen LogP contribution < -0.4 is 5.32 Å². The summed E-state index contributed by atoms with van der Waals surface area (Å²) < 4.78 is 14.6. The zero-order chi connectivity index (χ0) is 13.0. The highest BCUT2D eigenvalue weighted by atomic mass is 79.9. The molecule has 100 valence electrons. The number of halogens is 2. The minimum atomic E-state index is -0.130. The maximum Gasteiger partial charge on any atom is 0.128 e. The summed E-state index contributed by atoms with van der Waals surface area (Å²) in [6.07, 6.45) is 3.96. The van der Waals surface area contributed by atoms with E-state index < -0.39 is 0 Å². The summed E-state index contributed by atoms with van der Waals surface area (Å²) in [4.78, 5) is 0. The molecular weight excluding hydrogens is 313 g/mol. The van der Waals surface area contributed by atoms with Gasteiger partial charge in [0.25, 0.3) is 0 Å². The lowest BCUT2D eigenvalue weighted by molar-refractivity contribution is 0.511. The van der Waals surface area contributed by atoms with Crippen LogP contribution >= 0.6 is 27.7 Å². The first-order chi connectivity index (χ1) is 8.66. The summed E-state index contributed by atoms with van der Waals surface area (Å²) in [7, 11) is 0. The Bertz CT molecular complexity index is 393. The van der Waals surface area contributed by atoms with E-state index in [1.54, 1.807) is 6.07 Å². The fourth-order valence-corrected chi connectivity index (χ4v) is 3.86. The van der Waals surface area contributed by atoms with Crippen molar-refractivity contribution in [3.05, 3.63) is 34.1 Å². The highest BCUT2D eigenvalue weighted by Crippen LogP contribution is 2.26. The summed E-state index contributed by atoms with van der Waals surface area (Å²) in [6, 6.07) is 5.18. The lowest BCUT2D eigenvalue weighted by Gasteiger charge is -2.24. The molecule has 0 aliphatic carbocycles. The minimum absolute atomic E-state index is 0.0602. The van der Waals surface area contributed by atoms with Gasteiger partial charge < -0.3 is 5.32 Å². The molecule has 1 aromatic rings. The van der Waals surface area contributed by atoms with Crippen LogP contribution in [0.3, 0.4) is 0 Å². The van der Waals surface area contributed by atoms with Gasteiger partial charge in [-0.1, -0.05) is 22.4 Å². The smallest absolute Gasteiger partial charge is 0.128 e. The molecule has 1 aliphatic rings. The van der Waals surface area contributed by atoms with Crippen LogP contribution in [-0.2, 0) is 0 Å². The molecule has 4 heteroatoms. The monoisotopic (exact) mass is 331 g/mol. The van der Waals surface area contributed by atoms with E-state index in [-0.39, 0.29) is 11.9 Å². The van der Waals surface area contributed by atoms with Gasteiger partial charge in [-0.2, -0.15) is 11.8 Å². The van der Waals surface area contributed by atoms with Gasteiger partial charge in [-0.25, -0.2) is 4.39 Å². The van der Waals surface area contributed by atoms with Crippen LogP contribution in [0, 0.1) is 5.82 Å². The van der Waals surface area contributed by atoms with Crippen molar-refractivity contribution in [3.8, 4) is 0 Å². The van der Waals surface area contributed by atoms with Crippen LogP contribution in [0.5, 0.6) is 0 Å². The van der Waals surface area contributed by atoms with Gasteiger partial charge in [0.05, 0.1) is 0 Å². The Balaban J connectivity index is 1.90. The molecule has 2 unspecified atom stereocenters. The molecule has 0 bridgehead atoms. The number of hydrogen-bond acceptors (Lipinski definition) is 2. The quantitative estimate of drug-likeness (QED) is 0.870. The second-order valence-corrected chi connectivity index (χ2v) is 7.11. The van der Waals surface area contributed by atoms with Crippen LogP contribution in [0.25, 0.3) is 0 Å². The van der Waals surface area contributed by atoms with E-state index in [0.717, 1.165) is 16.6 Å². The molecular formula is C14H19BrFNS. The second-order valence-electron chi connectivity index (χ2n) is 4.78. The molecule has 1 aromatic carbocycles. The average molecular weight is 332 g/mol. The van der Waals surface area contributed by atoms with E-state index >= 15 is 0 Å². The predicted octanol–water partition coefficient (Wildman–Crippen LogP) is 4.52. The molecule has 0 radical (unpaired) electrons. The SMILES string of the molecule is CC(NCC1CCCCS1)c1cc(Br)ccc1F. The van der Waals surface area contributed by atoms with Crippen LogP contribution in [0.4, 0.5) is 4.39 Å². The fourth-order valence-electron chi connectivity index (χ4n) is 2.23. The molecule has 1 nitrogen and oxygen atoms in total. The van der Waals surface area contributed by atoms with Crippen LogP contribution in [0.15, 0.2) is 22.7 Å². The Morgan fingerprint density at radius 3 is 3.06 bits per heavy atom. The van der Waals surface area contributed by atoms with E-state index in [2.05, 4.69) is 21.2 Å². The molecule has 2 atom stereocenters. The molecule has 0 aromatic heterocycles. The molecule has 18 heavy (non-hydrogen) atoms. The lowest BCUT2D eigenvalue weighted by Crippen LogP contribution is -2.29. The maximum atomic E-state index is 13.7. The van der Waals surface area contributed by atoms with Gasteiger partial charge >= 0.3 is 0 Å². The van der Waals surface area contributed by atoms with Crippen molar-refractivity contribution in [2.75, 3.05) is 12.3 Å². The Morgan fingerprint density at radius 2 is 2.33 bits per heavy atom. The first-order valence-electron chi connectivity index (χ1n) is 6.47. The molecule has 0 saturated carbocycles. The maximum absolute atomic E-state index is 13.7. The topological polar surface area (TPSA) is 12.0 Å². The standard InChI is InChI=1S/C14H19BrFNS/c1-10(13-8-11(15)5-6-14(13)16)17-9-12-4-2-3-7-18-12/h5-6,8,10,12,17H,2-4,7,9H2,1H3. The third-order valence-corrected chi connectivity index (χ3v) is 5.24. The number of nitrogens with one attached hydrogen (secondary N) is 1. The summed E-state index contributed by atoms with van der Waals surface area (Å²) in [5.41, 5.74) is 0.741. The summed E-state index contributed by atoms with van der Waals surface area (Å²) >= 11 is 5.44. The van der Waals surface area contributed by atoms with Crippen LogP contribution in [0.1, 0.15) is 37.8 Å². The van der Waals surface area contributed by atoms with Gasteiger partial charge in [-0.15, -0.1) is 0 Å². The van der Waals surface area contributed by atoms with Crippen molar-refractivity contribution >= 4 is 27.7 Å². The van der Waals surface area contributed by atoms with Crippen molar-refractivity contribution in [1.82, 2.24) is 5.32 Å². The second kappa shape index (κ2) is 6.92. The van der Waals surface area contributed by atoms with E-state index in [4.69, 9.17) is 0 Å². The van der Waals surface area contributed by atoms with Gasteiger partial charge in [0, 0.05) is 27.9 Å². The first-order valence-corrected chi connectivity index (χ1v) is 8.31. The molecule has 0 spiro atoms. The molecule has 1 saturated heterocycles. The highest BCUT2D eigenvalue weighted by Gasteiger charge is 2.16. The van der Waals surface area contributed by atoms with Crippen molar-refractivity contribution in [1.29, 1.82) is 0 Å². The minimum Gasteiger partial charge on any atom is -0.309 e. The molecule has 1 aliphatic heterocycles. The van der Waals surface area contributed by atoms with Gasteiger partial charge in [-0.05, 0) is 43.7 Å². The third-order valence-electron chi connectivity index (χ3n) is 3.35. The number of thioether (sulfide) groups is 1. The predicted molar refractivity (Wildman–Crippen MR) is 80.6 cm³/mol. The molecule has 1 N–H and O–H groups in total. The van der Waals surface area contributed by atoms with E-state index in [0.29, 0.717) is 5.25 Å². The number of rotatable bonds is 4. The van der Waals surface area contributed by atoms with E-state index in [1.807, 2.05) is 24.8 Å². The first kappa shape index (κ1) is 14.4. The molecule has 0 amide bonds. The Hall–Kier alpha value is -0.0600. The Morgan fingerprint density at radius 1 is 1.50 bits per heavy atom. The van der Waals surface area contributed by atoms with E-state index in [9.17, 15) is 4.39 Å². The Labute approximate surface area is 121 Å². The molecule has 1 heterocycles. The molecule has 2 rings (SSSR count). The largest absolute Gasteiger partial charge is 0.309 e. The van der Waals surface area contributed by atoms with Crippen molar-refractivity contribution in [3.63, 3.8) is 0 Å². The molecule has 1 fully saturated rings. The van der Waals surface area contributed by atoms with Gasteiger partial charge in [0.1, 0.15) is 5.82 Å². The third kappa shape index (κ3) is 3.97. The summed E-state index contributed by atoms with van der Waals surface area (Å²) in [5.74, 6) is 1.14. The average Bonchev–Trinajstić information content (AvgIpc) is 2.40. The zero-order valence-corrected chi connectivity index (χ0v) is 13.0. The number of benzene rings is 1. The van der Waals surface area contributed by atoms with Gasteiger partial charge in [0.15, 0.2) is 0 Å². The van der Waals surface area contributed by atoms with Crippen LogP contribution in [0.2, 0.25) is 0 Å². The van der Waals surface area contributed by atoms with Crippen molar-refractivity contribution in [2.45, 2.75) is 37.5 Å². The van der Waals surface area contributed by atoms with E-state index in [1.165, 1.54) is 31.1 Å². The lowest BCUT2D eigenvalue weighted by atomic mass is 10.1. The summed E-state index contributed by atoms with van der Waals surface area (Å²) in [5, 5.41) is 4.15. The zero-order valence-electron chi connectivity index (χ0n) is 10.6. The summed E-state index contributed by atoms with van der Waals surface area (Å²) in [6.45, 7) is 3.00. The fraction of sp³-hybridized carbons (Fsp3) is 0.571. The van der Waals surface area contributed by atoms with Crippen LogP contribution in [-0.4, -0.2) is 17.5 Å². The van der Waals surface area contributed by atoms with Crippen molar-refractivity contribution < 1.29 is 4.39 Å². The van der Waals surface area contributed by atoms with Gasteiger partial charge in [0.2, 0.25) is 0 Å². The van der Waals surface area contributed by atoms with Crippen molar-refractivity contribution in [2.24, 2.45) is 0 Å². The van der Waals surface area contributed by atoms with Gasteiger partial charge in [-0.3, -0.25) is 0 Å². The highest BCUT2D eigenvalue weighted by molar-refractivity contribution is 9.10.